The molecule has 45 heavy (non-hydrogen) atoms. The van der Waals surface area contributed by atoms with Crippen LogP contribution in [0.1, 0.15) is 122 Å². The summed E-state index contributed by atoms with van der Waals surface area (Å²) >= 11 is 0. The Morgan fingerprint density at radius 1 is 0.711 bits per heavy atom. The Balaban J connectivity index is 2.49. The van der Waals surface area contributed by atoms with E-state index < -0.39 is 11.6 Å². The lowest BCUT2D eigenvalue weighted by Gasteiger charge is -2.39. The molecule has 0 spiro atoms. The van der Waals surface area contributed by atoms with Crippen molar-refractivity contribution in [1.29, 1.82) is 0 Å². The highest BCUT2D eigenvalue weighted by Crippen LogP contribution is 2.47. The van der Waals surface area contributed by atoms with Gasteiger partial charge in [-0.25, -0.2) is 0 Å². The summed E-state index contributed by atoms with van der Waals surface area (Å²) in [5.74, 6) is 1.56. The van der Waals surface area contributed by atoms with Gasteiger partial charge in [0.05, 0.1) is 20.3 Å². The van der Waals surface area contributed by atoms with E-state index >= 15 is 0 Å². The van der Waals surface area contributed by atoms with Crippen LogP contribution in [0.25, 0.3) is 0 Å². The molecule has 246 valence electrons. The van der Waals surface area contributed by atoms with Gasteiger partial charge < -0.3 is 19.7 Å². The van der Waals surface area contributed by atoms with Crippen molar-refractivity contribution in [3.05, 3.63) is 87.5 Å². The van der Waals surface area contributed by atoms with Crippen LogP contribution >= 0.6 is 0 Å². The molecule has 3 rings (SSSR count). The zero-order chi connectivity index (χ0) is 34.1. The Labute approximate surface area is 272 Å². The van der Waals surface area contributed by atoms with Crippen molar-refractivity contribution in [3.63, 3.8) is 0 Å². The molecule has 0 fully saturated rings. The van der Waals surface area contributed by atoms with Crippen LogP contribution in [-0.2, 0) is 21.8 Å². The van der Waals surface area contributed by atoms with Gasteiger partial charge in [-0.1, -0.05) is 94.4 Å². The smallest absolute Gasteiger partial charge is 0.144 e. The summed E-state index contributed by atoms with van der Waals surface area (Å²) in [4.78, 5) is 5.17. The first-order chi connectivity index (χ1) is 20.6. The SMILES string of the molecule is COc1ccc(C(C)(C)C)cc1C(O)(c1cc(C(C)(C)C)ccc1OC)C(CC(C)C)N=Cc1cc(C)cc(C(C)(C)C)c1O. The first-order valence-corrected chi connectivity index (χ1v) is 16.1. The number of phenols is 1. The lowest BCUT2D eigenvalue weighted by atomic mass is 9.73. The third-order valence-electron chi connectivity index (χ3n) is 8.61. The third kappa shape index (κ3) is 7.92. The van der Waals surface area contributed by atoms with Gasteiger partial charge in [0.15, 0.2) is 0 Å². The van der Waals surface area contributed by atoms with E-state index in [2.05, 4.69) is 100 Å². The lowest BCUT2D eigenvalue weighted by Crippen LogP contribution is -2.42. The first-order valence-electron chi connectivity index (χ1n) is 16.1. The summed E-state index contributed by atoms with van der Waals surface area (Å²) in [6.07, 6.45) is 2.30. The number of ether oxygens (including phenoxy) is 2. The van der Waals surface area contributed by atoms with Crippen LogP contribution in [0.4, 0.5) is 0 Å². The maximum absolute atomic E-state index is 13.5. The molecule has 1 unspecified atom stereocenters. The highest BCUT2D eigenvalue weighted by Gasteiger charge is 2.45. The second-order valence-corrected chi connectivity index (χ2v) is 16.0. The van der Waals surface area contributed by atoms with E-state index in [1.807, 2.05) is 31.2 Å². The molecule has 0 aliphatic carbocycles. The van der Waals surface area contributed by atoms with E-state index in [-0.39, 0.29) is 27.9 Å². The molecule has 0 radical (unpaired) electrons. The number of methoxy groups -OCH3 is 2. The summed E-state index contributed by atoms with van der Waals surface area (Å²) in [6.45, 7) is 25.5. The van der Waals surface area contributed by atoms with E-state index in [9.17, 15) is 10.2 Å². The van der Waals surface area contributed by atoms with E-state index in [1.54, 1.807) is 20.4 Å². The second-order valence-electron chi connectivity index (χ2n) is 16.0. The molecule has 5 heteroatoms. The summed E-state index contributed by atoms with van der Waals surface area (Å²) in [5.41, 5.74) is 3.68. The molecular weight excluding hydrogens is 558 g/mol. The van der Waals surface area contributed by atoms with Crippen LogP contribution in [0.2, 0.25) is 0 Å². The van der Waals surface area contributed by atoms with Crippen molar-refractivity contribution in [3.8, 4) is 17.2 Å². The predicted molar refractivity (Wildman–Crippen MR) is 189 cm³/mol. The Morgan fingerprint density at radius 2 is 1.18 bits per heavy atom. The van der Waals surface area contributed by atoms with E-state index in [0.29, 0.717) is 34.6 Å². The van der Waals surface area contributed by atoms with Crippen LogP contribution in [-0.4, -0.2) is 36.7 Å². The third-order valence-corrected chi connectivity index (χ3v) is 8.61. The van der Waals surface area contributed by atoms with Crippen molar-refractivity contribution < 1.29 is 19.7 Å². The standard InChI is InChI=1S/C40H57NO4/c1-25(2)19-35(41-24-27-20-26(3)21-32(36(27)42)39(10,11)12)40(43,30-22-28(37(4,5)6)15-17-33(30)44-13)31-23-29(38(7,8)9)16-18-34(31)45-14/h15-18,20-25,35,42-43H,19H2,1-14H3. The largest absolute Gasteiger partial charge is 0.507 e. The first kappa shape index (κ1) is 36.2. The summed E-state index contributed by atoms with van der Waals surface area (Å²) < 4.78 is 11.9. The molecule has 0 amide bonds. The number of aliphatic imine (C=N–C) groups is 1. The van der Waals surface area contributed by atoms with Gasteiger partial charge in [-0.15, -0.1) is 0 Å². The zero-order valence-corrected chi connectivity index (χ0v) is 30.2. The Bertz CT molecular complexity index is 1450. The quantitative estimate of drug-likeness (QED) is 0.235. The number of hydrogen-bond donors (Lipinski definition) is 2. The predicted octanol–water partition coefficient (Wildman–Crippen LogP) is 9.38. The normalized spacial score (nSPS) is 13.9. The Hall–Kier alpha value is -3.31. The van der Waals surface area contributed by atoms with Gasteiger partial charge in [0.2, 0.25) is 0 Å². The molecule has 0 aliphatic rings. The number of hydrogen-bond acceptors (Lipinski definition) is 5. The van der Waals surface area contributed by atoms with Gasteiger partial charge in [0, 0.05) is 28.5 Å². The number of nitrogens with zero attached hydrogens (tertiary/aromatic N) is 1. The van der Waals surface area contributed by atoms with Gasteiger partial charge in [0.1, 0.15) is 22.8 Å². The summed E-state index contributed by atoms with van der Waals surface area (Å²) in [5, 5.41) is 24.9. The van der Waals surface area contributed by atoms with Crippen molar-refractivity contribution >= 4 is 6.21 Å². The summed E-state index contributed by atoms with van der Waals surface area (Å²) in [6, 6.07) is 15.5. The molecule has 0 saturated heterocycles. The topological polar surface area (TPSA) is 71.3 Å². The summed E-state index contributed by atoms with van der Waals surface area (Å²) in [7, 11) is 3.27. The minimum Gasteiger partial charge on any atom is -0.507 e. The highest BCUT2D eigenvalue weighted by molar-refractivity contribution is 5.85. The number of aromatic hydroxyl groups is 1. The molecule has 1 atom stereocenters. The fraction of sp³-hybridized carbons (Fsp3) is 0.525. The van der Waals surface area contributed by atoms with Gasteiger partial charge in [-0.2, -0.15) is 0 Å². The van der Waals surface area contributed by atoms with Crippen molar-refractivity contribution in [2.45, 2.75) is 117 Å². The zero-order valence-electron chi connectivity index (χ0n) is 30.2. The van der Waals surface area contributed by atoms with Crippen LogP contribution < -0.4 is 9.47 Å². The molecule has 3 aromatic carbocycles. The average molecular weight is 616 g/mol. The fourth-order valence-electron chi connectivity index (χ4n) is 5.88. The number of aliphatic hydroxyl groups is 1. The minimum atomic E-state index is -1.65. The maximum Gasteiger partial charge on any atom is 0.144 e. The molecule has 5 nitrogen and oxygen atoms in total. The number of rotatable bonds is 9. The van der Waals surface area contributed by atoms with Crippen molar-refractivity contribution in [1.82, 2.24) is 0 Å². The highest BCUT2D eigenvalue weighted by atomic mass is 16.5. The Kier molecular flexibility index (Phi) is 10.6. The Morgan fingerprint density at radius 3 is 1.56 bits per heavy atom. The lowest BCUT2D eigenvalue weighted by molar-refractivity contribution is 0.0404. The van der Waals surface area contributed by atoms with Crippen LogP contribution in [0.5, 0.6) is 17.2 Å². The van der Waals surface area contributed by atoms with Gasteiger partial charge >= 0.3 is 0 Å². The molecule has 0 aromatic heterocycles. The molecule has 0 aliphatic heterocycles. The average Bonchev–Trinajstić information content (AvgIpc) is 2.93. The van der Waals surface area contributed by atoms with Gasteiger partial charge in [0.25, 0.3) is 0 Å². The molecule has 3 aromatic rings. The van der Waals surface area contributed by atoms with Crippen molar-refractivity contribution in [2.24, 2.45) is 10.9 Å². The maximum atomic E-state index is 13.5. The number of aryl methyl sites for hydroxylation is 1. The second kappa shape index (κ2) is 13.2. The van der Waals surface area contributed by atoms with E-state index in [0.717, 1.165) is 22.3 Å². The minimum absolute atomic E-state index is 0.174. The van der Waals surface area contributed by atoms with Crippen LogP contribution in [0.15, 0.2) is 53.5 Å². The number of phenolic OH excluding ortho intramolecular Hbond substituents is 1. The van der Waals surface area contributed by atoms with Crippen LogP contribution in [0.3, 0.4) is 0 Å². The van der Waals surface area contributed by atoms with Crippen molar-refractivity contribution in [2.75, 3.05) is 14.2 Å². The van der Waals surface area contributed by atoms with Gasteiger partial charge in [-0.3, -0.25) is 4.99 Å². The molecular formula is C40H57NO4. The fourth-order valence-corrected chi connectivity index (χ4v) is 5.88. The molecule has 0 bridgehead atoms. The molecule has 2 N–H and O–H groups in total. The van der Waals surface area contributed by atoms with E-state index in [1.165, 1.54) is 0 Å². The van der Waals surface area contributed by atoms with E-state index in [4.69, 9.17) is 14.5 Å². The number of benzene rings is 3. The van der Waals surface area contributed by atoms with Crippen LogP contribution in [0, 0.1) is 12.8 Å². The monoisotopic (exact) mass is 615 g/mol. The van der Waals surface area contributed by atoms with Gasteiger partial charge in [-0.05, 0) is 82.5 Å². The molecule has 0 heterocycles. The molecule has 0 saturated carbocycles.